The summed E-state index contributed by atoms with van der Waals surface area (Å²) in [6, 6.07) is 20.5. The lowest BCUT2D eigenvalue weighted by molar-refractivity contribution is 0.102. The van der Waals surface area contributed by atoms with Crippen LogP contribution in [0.15, 0.2) is 71.2 Å². The Kier molecular flexibility index (Phi) is 5.58. The fourth-order valence-corrected chi connectivity index (χ4v) is 3.01. The van der Waals surface area contributed by atoms with Crippen molar-refractivity contribution in [3.63, 3.8) is 0 Å². The molecule has 0 saturated heterocycles. The number of hydrogen-bond acceptors (Lipinski definition) is 3. The van der Waals surface area contributed by atoms with Crippen LogP contribution in [0.4, 0.5) is 5.69 Å². The first kappa shape index (κ1) is 18.0. The van der Waals surface area contributed by atoms with Gasteiger partial charge in [0.25, 0.3) is 5.91 Å². The molecule has 0 heterocycles. The molecule has 5 heteroatoms. The smallest absolute Gasteiger partial charge is 0.255 e. The summed E-state index contributed by atoms with van der Waals surface area (Å²) in [6.45, 7) is 0. The molecule has 0 fully saturated rings. The van der Waals surface area contributed by atoms with Crippen molar-refractivity contribution >= 4 is 27.5 Å². The lowest BCUT2D eigenvalue weighted by Crippen LogP contribution is -2.11. The van der Waals surface area contributed by atoms with E-state index in [9.17, 15) is 4.79 Å². The van der Waals surface area contributed by atoms with Gasteiger partial charge in [-0.15, -0.1) is 0 Å². The van der Waals surface area contributed by atoms with Crippen LogP contribution in [-0.4, -0.2) is 20.1 Å². The Bertz CT molecular complexity index is 923. The molecule has 3 aromatic carbocycles. The zero-order valence-electron chi connectivity index (χ0n) is 14.5. The summed E-state index contributed by atoms with van der Waals surface area (Å²) in [6.07, 6.45) is 0. The highest BCUT2D eigenvalue weighted by molar-refractivity contribution is 9.10. The van der Waals surface area contributed by atoms with Gasteiger partial charge in [-0.1, -0.05) is 34.1 Å². The Morgan fingerprint density at radius 3 is 2.35 bits per heavy atom. The molecule has 26 heavy (non-hydrogen) atoms. The summed E-state index contributed by atoms with van der Waals surface area (Å²) < 4.78 is 11.5. The van der Waals surface area contributed by atoms with Crippen LogP contribution in [0.2, 0.25) is 0 Å². The second-order valence-corrected chi connectivity index (χ2v) is 6.52. The molecule has 0 aliphatic carbocycles. The topological polar surface area (TPSA) is 47.6 Å². The lowest BCUT2D eigenvalue weighted by Gasteiger charge is -2.12. The van der Waals surface area contributed by atoms with E-state index in [-0.39, 0.29) is 5.91 Å². The molecule has 3 aromatic rings. The molecule has 0 spiro atoms. The zero-order valence-corrected chi connectivity index (χ0v) is 16.0. The van der Waals surface area contributed by atoms with Gasteiger partial charge in [0.05, 0.1) is 14.2 Å². The lowest BCUT2D eigenvalue weighted by atomic mass is 10.0. The molecule has 0 aromatic heterocycles. The van der Waals surface area contributed by atoms with Crippen molar-refractivity contribution in [2.45, 2.75) is 0 Å². The van der Waals surface area contributed by atoms with E-state index in [2.05, 4.69) is 21.2 Å². The molecule has 0 aliphatic rings. The summed E-state index contributed by atoms with van der Waals surface area (Å²) >= 11 is 3.38. The maximum atomic E-state index is 12.5. The van der Waals surface area contributed by atoms with Crippen LogP contribution in [0.1, 0.15) is 10.4 Å². The zero-order chi connectivity index (χ0) is 18.5. The van der Waals surface area contributed by atoms with Crippen molar-refractivity contribution in [1.82, 2.24) is 0 Å². The normalized spacial score (nSPS) is 10.3. The van der Waals surface area contributed by atoms with Gasteiger partial charge in [-0.25, -0.2) is 0 Å². The molecule has 132 valence electrons. The number of amides is 1. The van der Waals surface area contributed by atoms with E-state index in [1.54, 1.807) is 26.4 Å². The number of halogens is 1. The minimum absolute atomic E-state index is 0.169. The van der Waals surface area contributed by atoms with Crippen LogP contribution in [0.3, 0.4) is 0 Å². The van der Waals surface area contributed by atoms with E-state index < -0.39 is 0 Å². The maximum Gasteiger partial charge on any atom is 0.255 e. The molecule has 3 rings (SSSR count). The van der Waals surface area contributed by atoms with Crippen LogP contribution >= 0.6 is 15.9 Å². The van der Waals surface area contributed by atoms with Crippen molar-refractivity contribution in [3.8, 4) is 22.6 Å². The number of methoxy groups -OCH3 is 2. The van der Waals surface area contributed by atoms with E-state index in [1.807, 2.05) is 54.6 Å². The average Bonchev–Trinajstić information content (AvgIpc) is 2.68. The summed E-state index contributed by atoms with van der Waals surface area (Å²) in [5.74, 6) is 1.35. The molecular weight excluding hydrogens is 394 g/mol. The van der Waals surface area contributed by atoms with Gasteiger partial charge in [0, 0.05) is 21.3 Å². The molecule has 4 nitrogen and oxygen atoms in total. The highest BCUT2D eigenvalue weighted by atomic mass is 79.9. The Labute approximate surface area is 160 Å². The third-order valence-corrected chi connectivity index (χ3v) is 4.44. The molecule has 1 N–H and O–H groups in total. The summed E-state index contributed by atoms with van der Waals surface area (Å²) in [5.41, 5.74) is 3.14. The Morgan fingerprint density at radius 2 is 1.69 bits per heavy atom. The molecule has 0 atom stereocenters. The van der Waals surface area contributed by atoms with Gasteiger partial charge in [-0.2, -0.15) is 0 Å². The molecular formula is C21H18BrNO3. The van der Waals surface area contributed by atoms with E-state index in [0.717, 1.165) is 27.1 Å². The van der Waals surface area contributed by atoms with Crippen molar-refractivity contribution in [1.29, 1.82) is 0 Å². The summed E-state index contributed by atoms with van der Waals surface area (Å²) in [5, 5.41) is 2.93. The monoisotopic (exact) mass is 411 g/mol. The second kappa shape index (κ2) is 8.06. The number of nitrogens with one attached hydrogen (secondary N) is 1. The number of rotatable bonds is 5. The predicted molar refractivity (Wildman–Crippen MR) is 107 cm³/mol. The highest BCUT2D eigenvalue weighted by Crippen LogP contribution is 2.33. The predicted octanol–water partition coefficient (Wildman–Crippen LogP) is 5.39. The largest absolute Gasteiger partial charge is 0.497 e. The van der Waals surface area contributed by atoms with Gasteiger partial charge in [0.1, 0.15) is 11.5 Å². The fraction of sp³-hybridized carbons (Fsp3) is 0.0952. The van der Waals surface area contributed by atoms with Crippen molar-refractivity contribution in [3.05, 3.63) is 76.8 Å². The van der Waals surface area contributed by atoms with Gasteiger partial charge >= 0.3 is 0 Å². The van der Waals surface area contributed by atoms with E-state index in [4.69, 9.17) is 9.47 Å². The first-order valence-corrected chi connectivity index (χ1v) is 8.79. The van der Waals surface area contributed by atoms with Crippen LogP contribution in [0.25, 0.3) is 11.1 Å². The van der Waals surface area contributed by atoms with Crippen LogP contribution < -0.4 is 14.8 Å². The minimum Gasteiger partial charge on any atom is -0.497 e. The average molecular weight is 412 g/mol. The maximum absolute atomic E-state index is 12.5. The standard InChI is InChI=1S/C21H18BrNO3/c1-25-18-9-6-14(7-10-18)19-13-17(8-11-20(19)26-2)23-21(24)15-4-3-5-16(22)12-15/h3-13H,1-2H3,(H,23,24). The number of carbonyl (C=O) groups is 1. The summed E-state index contributed by atoms with van der Waals surface area (Å²) in [4.78, 5) is 12.5. The van der Waals surface area contributed by atoms with Crippen molar-refractivity contribution in [2.24, 2.45) is 0 Å². The van der Waals surface area contributed by atoms with E-state index in [0.29, 0.717) is 11.3 Å². The van der Waals surface area contributed by atoms with E-state index in [1.165, 1.54) is 0 Å². The van der Waals surface area contributed by atoms with Gasteiger partial charge in [-0.3, -0.25) is 4.79 Å². The quantitative estimate of drug-likeness (QED) is 0.612. The van der Waals surface area contributed by atoms with Gasteiger partial charge < -0.3 is 14.8 Å². The van der Waals surface area contributed by atoms with Crippen molar-refractivity contribution in [2.75, 3.05) is 19.5 Å². The van der Waals surface area contributed by atoms with Gasteiger partial charge in [0.2, 0.25) is 0 Å². The number of anilines is 1. The number of benzene rings is 3. The molecule has 0 unspecified atom stereocenters. The SMILES string of the molecule is COc1ccc(-c2cc(NC(=O)c3cccc(Br)c3)ccc2OC)cc1. The van der Waals surface area contributed by atoms with Crippen LogP contribution in [0, 0.1) is 0 Å². The number of hydrogen-bond donors (Lipinski definition) is 1. The molecule has 0 aliphatic heterocycles. The number of carbonyl (C=O) groups excluding carboxylic acids is 1. The highest BCUT2D eigenvalue weighted by Gasteiger charge is 2.11. The van der Waals surface area contributed by atoms with Crippen LogP contribution in [0.5, 0.6) is 11.5 Å². The molecule has 0 radical (unpaired) electrons. The van der Waals surface area contributed by atoms with Gasteiger partial charge in [0.15, 0.2) is 0 Å². The third-order valence-electron chi connectivity index (χ3n) is 3.95. The minimum atomic E-state index is -0.169. The number of ether oxygens (including phenoxy) is 2. The molecule has 1 amide bonds. The summed E-state index contributed by atoms with van der Waals surface area (Å²) in [7, 11) is 3.26. The Balaban J connectivity index is 1.90. The second-order valence-electron chi connectivity index (χ2n) is 5.61. The Hall–Kier alpha value is -2.79. The third kappa shape index (κ3) is 4.06. The van der Waals surface area contributed by atoms with Crippen LogP contribution in [-0.2, 0) is 0 Å². The first-order chi connectivity index (χ1) is 12.6. The van der Waals surface area contributed by atoms with Crippen molar-refractivity contribution < 1.29 is 14.3 Å². The first-order valence-electron chi connectivity index (χ1n) is 8.00. The molecule has 0 bridgehead atoms. The van der Waals surface area contributed by atoms with Gasteiger partial charge in [-0.05, 0) is 54.1 Å². The fourth-order valence-electron chi connectivity index (χ4n) is 2.61. The van der Waals surface area contributed by atoms with E-state index >= 15 is 0 Å². The molecule has 0 saturated carbocycles. The Morgan fingerprint density at radius 1 is 0.923 bits per heavy atom.